The summed E-state index contributed by atoms with van der Waals surface area (Å²) in [5.74, 6) is 1.53. The molecule has 6 heteroatoms. The van der Waals surface area contributed by atoms with E-state index in [1.165, 1.54) is 6.42 Å². The van der Waals surface area contributed by atoms with Gasteiger partial charge in [-0.15, -0.1) is 0 Å². The fourth-order valence-corrected chi connectivity index (χ4v) is 4.53. The standard InChI is InChI=1S/C19H26N2O3S/c1-4-10-21-14-11-15(23-2)16(24-3)12-17(14)25-19(21)20-18(22)13-8-6-5-7-9-13/h11-13H,4-10H2,1-3H3. The average molecular weight is 362 g/mol. The van der Waals surface area contributed by atoms with E-state index in [1.807, 2.05) is 12.1 Å². The molecule has 1 amide bonds. The molecule has 0 unspecified atom stereocenters. The van der Waals surface area contributed by atoms with Crippen molar-refractivity contribution in [1.29, 1.82) is 0 Å². The number of thiazole rings is 1. The van der Waals surface area contributed by atoms with Crippen LogP contribution in [0, 0.1) is 5.92 Å². The molecule has 0 spiro atoms. The molecule has 25 heavy (non-hydrogen) atoms. The lowest BCUT2D eigenvalue weighted by Gasteiger charge is -2.17. The molecule has 0 N–H and O–H groups in total. The first-order valence-corrected chi connectivity index (χ1v) is 9.83. The molecule has 1 heterocycles. The summed E-state index contributed by atoms with van der Waals surface area (Å²) in [6.45, 7) is 2.95. The Kier molecular flexibility index (Phi) is 5.78. The van der Waals surface area contributed by atoms with Gasteiger partial charge in [0.25, 0.3) is 5.91 Å². The molecule has 0 bridgehead atoms. The number of aromatic nitrogens is 1. The molecular formula is C19H26N2O3S. The second-order valence-corrected chi connectivity index (χ2v) is 7.51. The van der Waals surface area contributed by atoms with Crippen LogP contribution in [0.25, 0.3) is 10.2 Å². The first-order valence-electron chi connectivity index (χ1n) is 9.01. The molecule has 0 aliphatic heterocycles. The lowest BCUT2D eigenvalue weighted by molar-refractivity contribution is -0.122. The molecule has 0 radical (unpaired) electrons. The molecule has 1 aliphatic carbocycles. The lowest BCUT2D eigenvalue weighted by atomic mass is 9.89. The van der Waals surface area contributed by atoms with E-state index in [0.29, 0.717) is 11.5 Å². The van der Waals surface area contributed by atoms with Gasteiger partial charge in [-0.3, -0.25) is 4.79 Å². The van der Waals surface area contributed by atoms with Crippen molar-refractivity contribution in [2.75, 3.05) is 14.2 Å². The van der Waals surface area contributed by atoms with Crippen molar-refractivity contribution >= 4 is 27.5 Å². The summed E-state index contributed by atoms with van der Waals surface area (Å²) in [5, 5.41) is 0. The van der Waals surface area contributed by atoms with Gasteiger partial charge in [-0.1, -0.05) is 37.5 Å². The van der Waals surface area contributed by atoms with Crippen LogP contribution >= 0.6 is 11.3 Å². The fourth-order valence-electron chi connectivity index (χ4n) is 3.46. The molecule has 136 valence electrons. The molecule has 2 aromatic rings. The van der Waals surface area contributed by atoms with Gasteiger partial charge in [0, 0.05) is 24.6 Å². The highest BCUT2D eigenvalue weighted by molar-refractivity contribution is 7.16. The van der Waals surface area contributed by atoms with Crippen molar-refractivity contribution in [1.82, 2.24) is 4.57 Å². The topological polar surface area (TPSA) is 52.8 Å². The maximum Gasteiger partial charge on any atom is 0.251 e. The van der Waals surface area contributed by atoms with E-state index in [9.17, 15) is 4.79 Å². The Labute approximate surface area is 152 Å². The van der Waals surface area contributed by atoms with E-state index in [1.54, 1.807) is 25.6 Å². The number of benzene rings is 1. The van der Waals surface area contributed by atoms with Crippen LogP contribution < -0.4 is 14.3 Å². The first kappa shape index (κ1) is 18.0. The number of hydrogen-bond acceptors (Lipinski definition) is 4. The maximum atomic E-state index is 12.6. The van der Waals surface area contributed by atoms with Crippen LogP contribution in [0.4, 0.5) is 0 Å². The van der Waals surface area contributed by atoms with Crippen molar-refractivity contribution in [2.24, 2.45) is 10.9 Å². The van der Waals surface area contributed by atoms with Crippen molar-refractivity contribution in [3.8, 4) is 11.5 Å². The molecular weight excluding hydrogens is 336 g/mol. The second kappa shape index (κ2) is 8.04. The molecule has 1 aliphatic rings. The summed E-state index contributed by atoms with van der Waals surface area (Å²) in [7, 11) is 3.27. The van der Waals surface area contributed by atoms with E-state index in [-0.39, 0.29) is 11.8 Å². The molecule has 1 aromatic carbocycles. The number of methoxy groups -OCH3 is 2. The molecule has 3 rings (SSSR count). The molecule has 1 aromatic heterocycles. The highest BCUT2D eigenvalue weighted by atomic mass is 32.1. The van der Waals surface area contributed by atoms with Gasteiger partial charge in [0.2, 0.25) is 0 Å². The monoisotopic (exact) mass is 362 g/mol. The number of carbonyl (C=O) groups excluding carboxylic acids is 1. The van der Waals surface area contributed by atoms with Crippen LogP contribution in [0.15, 0.2) is 17.1 Å². The van der Waals surface area contributed by atoms with E-state index >= 15 is 0 Å². The number of hydrogen-bond donors (Lipinski definition) is 0. The van der Waals surface area contributed by atoms with Crippen molar-refractivity contribution in [3.63, 3.8) is 0 Å². The molecule has 1 saturated carbocycles. The van der Waals surface area contributed by atoms with Crippen LogP contribution in [0.2, 0.25) is 0 Å². The van der Waals surface area contributed by atoms with Gasteiger partial charge in [-0.05, 0) is 19.3 Å². The average Bonchev–Trinajstić information content (AvgIpc) is 2.97. The van der Waals surface area contributed by atoms with Gasteiger partial charge in [0.15, 0.2) is 16.3 Å². The van der Waals surface area contributed by atoms with Crippen molar-refractivity contribution in [2.45, 2.75) is 52.0 Å². The Balaban J connectivity index is 2.08. The minimum atomic E-state index is 0.0371. The summed E-state index contributed by atoms with van der Waals surface area (Å²) in [4.78, 5) is 17.9. The Morgan fingerprint density at radius 3 is 2.52 bits per heavy atom. The largest absolute Gasteiger partial charge is 0.493 e. The van der Waals surface area contributed by atoms with Gasteiger partial charge < -0.3 is 14.0 Å². The van der Waals surface area contributed by atoms with Gasteiger partial charge >= 0.3 is 0 Å². The number of rotatable bonds is 5. The van der Waals surface area contributed by atoms with Crippen LogP contribution in [0.5, 0.6) is 11.5 Å². The first-order chi connectivity index (χ1) is 12.2. The number of ether oxygens (including phenoxy) is 2. The van der Waals surface area contributed by atoms with Gasteiger partial charge in [-0.25, -0.2) is 0 Å². The number of nitrogens with zero attached hydrogens (tertiary/aromatic N) is 2. The van der Waals surface area contributed by atoms with Crippen molar-refractivity contribution < 1.29 is 14.3 Å². The second-order valence-electron chi connectivity index (χ2n) is 6.50. The van der Waals surface area contributed by atoms with Crippen LogP contribution in [-0.4, -0.2) is 24.7 Å². The predicted octanol–water partition coefficient (Wildman–Crippen LogP) is 4.14. The summed E-state index contributed by atoms with van der Waals surface area (Å²) in [5.41, 5.74) is 1.04. The maximum absolute atomic E-state index is 12.6. The molecule has 5 nitrogen and oxygen atoms in total. The molecule has 1 fully saturated rings. The van der Waals surface area contributed by atoms with Gasteiger partial charge in [0.05, 0.1) is 24.4 Å². The summed E-state index contributed by atoms with van der Waals surface area (Å²) < 4.78 is 14.0. The number of fused-ring (bicyclic) bond motifs is 1. The van der Waals surface area contributed by atoms with Crippen LogP contribution in [0.1, 0.15) is 45.4 Å². The van der Waals surface area contributed by atoms with E-state index in [0.717, 1.165) is 53.7 Å². The zero-order valence-corrected chi connectivity index (χ0v) is 16.0. The van der Waals surface area contributed by atoms with E-state index in [2.05, 4.69) is 16.5 Å². The van der Waals surface area contributed by atoms with Crippen LogP contribution in [0.3, 0.4) is 0 Å². The number of amides is 1. The smallest absolute Gasteiger partial charge is 0.251 e. The highest BCUT2D eigenvalue weighted by Gasteiger charge is 2.21. The Hall–Kier alpha value is -1.82. The molecule has 0 atom stereocenters. The number of carbonyl (C=O) groups is 1. The van der Waals surface area contributed by atoms with Gasteiger partial charge in [0.1, 0.15) is 0 Å². The minimum absolute atomic E-state index is 0.0371. The van der Waals surface area contributed by atoms with Crippen LogP contribution in [-0.2, 0) is 11.3 Å². The summed E-state index contributed by atoms with van der Waals surface area (Å²) in [6, 6.07) is 3.94. The lowest BCUT2D eigenvalue weighted by Crippen LogP contribution is -2.22. The molecule has 0 saturated heterocycles. The fraction of sp³-hybridized carbons (Fsp3) is 0.579. The number of aryl methyl sites for hydroxylation is 1. The Morgan fingerprint density at radius 1 is 1.20 bits per heavy atom. The normalized spacial score (nSPS) is 16.4. The highest BCUT2D eigenvalue weighted by Crippen LogP contribution is 2.33. The SMILES string of the molecule is CCCn1c(=NC(=O)C2CCCCC2)sc2cc(OC)c(OC)cc21. The zero-order valence-electron chi connectivity index (χ0n) is 15.2. The Morgan fingerprint density at radius 2 is 1.88 bits per heavy atom. The zero-order chi connectivity index (χ0) is 17.8. The third-order valence-corrected chi connectivity index (χ3v) is 5.84. The van der Waals surface area contributed by atoms with Gasteiger partial charge in [-0.2, -0.15) is 4.99 Å². The minimum Gasteiger partial charge on any atom is -0.493 e. The van der Waals surface area contributed by atoms with E-state index < -0.39 is 0 Å². The summed E-state index contributed by atoms with van der Waals surface area (Å²) >= 11 is 1.54. The predicted molar refractivity (Wildman–Crippen MR) is 100 cm³/mol. The third-order valence-electron chi connectivity index (χ3n) is 4.80. The quantitative estimate of drug-likeness (QED) is 0.803. The third kappa shape index (κ3) is 3.73. The Bertz CT molecular complexity index is 816. The van der Waals surface area contributed by atoms with E-state index in [4.69, 9.17) is 9.47 Å². The summed E-state index contributed by atoms with van der Waals surface area (Å²) in [6.07, 6.45) is 6.45. The van der Waals surface area contributed by atoms with Crippen molar-refractivity contribution in [3.05, 3.63) is 16.9 Å².